The maximum atomic E-state index is 11.9. The van der Waals surface area contributed by atoms with Crippen molar-refractivity contribution in [2.24, 2.45) is 5.92 Å². The molecule has 6 nitrogen and oxygen atoms in total. The van der Waals surface area contributed by atoms with Crippen molar-refractivity contribution in [3.05, 3.63) is 18.5 Å². The molecule has 0 aromatic carbocycles. The van der Waals surface area contributed by atoms with Crippen LogP contribution in [0.25, 0.3) is 0 Å². The van der Waals surface area contributed by atoms with Crippen LogP contribution in [-0.2, 0) is 16.1 Å². The molecule has 92 valence electrons. The first-order valence-electron chi connectivity index (χ1n) is 5.65. The molecule has 1 aromatic rings. The van der Waals surface area contributed by atoms with E-state index in [4.69, 9.17) is 5.11 Å². The van der Waals surface area contributed by atoms with Gasteiger partial charge in [0, 0.05) is 25.5 Å². The Labute approximate surface area is 98.8 Å². The second kappa shape index (κ2) is 4.99. The molecule has 1 aliphatic rings. The maximum Gasteiger partial charge on any atom is 0.308 e. The smallest absolute Gasteiger partial charge is 0.308 e. The normalized spacial score (nSPS) is 20.2. The molecule has 1 amide bonds. The molecule has 1 N–H and O–H groups in total. The number of aliphatic carboxylic acids is 1. The summed E-state index contributed by atoms with van der Waals surface area (Å²) in [7, 11) is 0. The number of nitrogens with zero attached hydrogens (tertiary/aromatic N) is 3. The maximum absolute atomic E-state index is 11.9. The Balaban J connectivity index is 1.93. The van der Waals surface area contributed by atoms with Gasteiger partial charge in [0.1, 0.15) is 6.54 Å². The third-order valence-electron chi connectivity index (χ3n) is 2.98. The standard InChI is InChI=1S/C11H15N3O3/c15-10(8-14-6-2-4-12-14)13-5-1-3-9(7-13)11(16)17/h2,4,6,9H,1,3,5,7-8H2,(H,16,17)/t9-/m1/s1. The van der Waals surface area contributed by atoms with Gasteiger partial charge >= 0.3 is 5.97 Å². The Kier molecular flexibility index (Phi) is 3.41. The quantitative estimate of drug-likeness (QED) is 0.815. The monoisotopic (exact) mass is 237 g/mol. The lowest BCUT2D eigenvalue weighted by Crippen LogP contribution is -2.43. The number of hydrogen-bond acceptors (Lipinski definition) is 3. The molecule has 17 heavy (non-hydrogen) atoms. The first-order valence-corrected chi connectivity index (χ1v) is 5.65. The van der Waals surface area contributed by atoms with Gasteiger partial charge < -0.3 is 10.0 Å². The van der Waals surface area contributed by atoms with Crippen LogP contribution in [0.5, 0.6) is 0 Å². The van der Waals surface area contributed by atoms with Crippen molar-refractivity contribution in [3.63, 3.8) is 0 Å². The van der Waals surface area contributed by atoms with Gasteiger partial charge in [0.15, 0.2) is 0 Å². The topological polar surface area (TPSA) is 75.4 Å². The molecular weight excluding hydrogens is 222 g/mol. The fraction of sp³-hybridized carbons (Fsp3) is 0.545. The molecule has 1 aliphatic heterocycles. The third-order valence-corrected chi connectivity index (χ3v) is 2.98. The molecule has 0 spiro atoms. The van der Waals surface area contributed by atoms with Crippen LogP contribution in [-0.4, -0.2) is 44.8 Å². The zero-order chi connectivity index (χ0) is 12.3. The second-order valence-electron chi connectivity index (χ2n) is 4.22. The average molecular weight is 237 g/mol. The summed E-state index contributed by atoms with van der Waals surface area (Å²) in [6, 6.07) is 1.75. The van der Waals surface area contributed by atoms with Crippen molar-refractivity contribution >= 4 is 11.9 Å². The predicted octanol–water partition coefficient (Wildman–Crippen LogP) is 0.206. The Hall–Kier alpha value is -1.85. The summed E-state index contributed by atoms with van der Waals surface area (Å²) in [6.07, 6.45) is 4.74. The van der Waals surface area contributed by atoms with Crippen molar-refractivity contribution in [1.82, 2.24) is 14.7 Å². The molecule has 2 heterocycles. The van der Waals surface area contributed by atoms with Crippen LogP contribution in [0.1, 0.15) is 12.8 Å². The van der Waals surface area contributed by atoms with Crippen molar-refractivity contribution in [2.75, 3.05) is 13.1 Å². The van der Waals surface area contributed by atoms with E-state index in [1.807, 2.05) is 0 Å². The first kappa shape index (κ1) is 11.6. The van der Waals surface area contributed by atoms with Crippen LogP contribution in [0.3, 0.4) is 0 Å². The van der Waals surface area contributed by atoms with E-state index in [-0.39, 0.29) is 12.5 Å². The van der Waals surface area contributed by atoms with Crippen molar-refractivity contribution in [1.29, 1.82) is 0 Å². The van der Waals surface area contributed by atoms with Gasteiger partial charge in [0.05, 0.1) is 5.92 Å². The van der Waals surface area contributed by atoms with Gasteiger partial charge in [0.25, 0.3) is 0 Å². The third kappa shape index (κ3) is 2.83. The summed E-state index contributed by atoms with van der Waals surface area (Å²) < 4.78 is 1.55. The Bertz CT molecular complexity index is 402. The van der Waals surface area contributed by atoms with E-state index in [0.29, 0.717) is 19.5 Å². The molecule has 0 aliphatic carbocycles. The molecule has 1 fully saturated rings. The molecule has 2 rings (SSSR count). The van der Waals surface area contributed by atoms with E-state index in [9.17, 15) is 9.59 Å². The number of likely N-dealkylation sites (tertiary alicyclic amines) is 1. The molecular formula is C11H15N3O3. The number of carbonyl (C=O) groups excluding carboxylic acids is 1. The molecule has 1 atom stereocenters. The molecule has 0 unspecified atom stereocenters. The van der Waals surface area contributed by atoms with Gasteiger partial charge in [0.2, 0.25) is 5.91 Å². The molecule has 1 saturated heterocycles. The Morgan fingerprint density at radius 2 is 2.29 bits per heavy atom. The van der Waals surface area contributed by atoms with E-state index in [1.54, 1.807) is 28.0 Å². The minimum absolute atomic E-state index is 0.0698. The molecule has 6 heteroatoms. The highest BCUT2D eigenvalue weighted by Gasteiger charge is 2.27. The van der Waals surface area contributed by atoms with Crippen LogP contribution >= 0.6 is 0 Å². The van der Waals surface area contributed by atoms with Gasteiger partial charge in [-0.05, 0) is 18.9 Å². The fourth-order valence-corrected chi connectivity index (χ4v) is 2.04. The van der Waals surface area contributed by atoms with Crippen molar-refractivity contribution in [2.45, 2.75) is 19.4 Å². The van der Waals surface area contributed by atoms with Crippen LogP contribution < -0.4 is 0 Å². The lowest BCUT2D eigenvalue weighted by atomic mass is 9.98. The number of carboxylic acid groups (broad SMARTS) is 1. The van der Waals surface area contributed by atoms with Crippen LogP contribution in [0.15, 0.2) is 18.5 Å². The van der Waals surface area contributed by atoms with Crippen LogP contribution in [0, 0.1) is 5.92 Å². The Morgan fingerprint density at radius 1 is 1.47 bits per heavy atom. The number of carbonyl (C=O) groups is 2. The number of rotatable bonds is 3. The Morgan fingerprint density at radius 3 is 2.94 bits per heavy atom. The lowest BCUT2D eigenvalue weighted by molar-refractivity contribution is -0.145. The number of carboxylic acids is 1. The van der Waals surface area contributed by atoms with E-state index in [1.165, 1.54) is 0 Å². The summed E-state index contributed by atoms with van der Waals surface area (Å²) in [5.74, 6) is -1.31. The van der Waals surface area contributed by atoms with Gasteiger partial charge in [-0.3, -0.25) is 14.3 Å². The average Bonchev–Trinajstić information content (AvgIpc) is 2.82. The van der Waals surface area contributed by atoms with E-state index in [2.05, 4.69) is 5.10 Å². The summed E-state index contributed by atoms with van der Waals surface area (Å²) in [6.45, 7) is 1.14. The minimum Gasteiger partial charge on any atom is -0.481 e. The van der Waals surface area contributed by atoms with Gasteiger partial charge in [-0.1, -0.05) is 0 Å². The minimum atomic E-state index is -0.818. The number of amides is 1. The highest BCUT2D eigenvalue weighted by molar-refractivity contribution is 5.77. The van der Waals surface area contributed by atoms with E-state index < -0.39 is 11.9 Å². The van der Waals surface area contributed by atoms with E-state index in [0.717, 1.165) is 6.42 Å². The molecule has 0 saturated carbocycles. The SMILES string of the molecule is O=C(O)[C@@H]1CCCN(C(=O)Cn2cccn2)C1. The van der Waals surface area contributed by atoms with E-state index >= 15 is 0 Å². The fourth-order valence-electron chi connectivity index (χ4n) is 2.04. The molecule has 1 aromatic heterocycles. The highest BCUT2D eigenvalue weighted by Crippen LogP contribution is 2.16. The number of piperidine rings is 1. The zero-order valence-electron chi connectivity index (χ0n) is 9.45. The van der Waals surface area contributed by atoms with Gasteiger partial charge in [-0.2, -0.15) is 5.10 Å². The zero-order valence-corrected chi connectivity index (χ0v) is 9.45. The first-order chi connectivity index (χ1) is 8.16. The highest BCUT2D eigenvalue weighted by atomic mass is 16.4. The lowest BCUT2D eigenvalue weighted by Gasteiger charge is -2.30. The van der Waals surface area contributed by atoms with Gasteiger partial charge in [-0.15, -0.1) is 0 Å². The molecule has 0 bridgehead atoms. The van der Waals surface area contributed by atoms with Crippen molar-refractivity contribution in [3.8, 4) is 0 Å². The number of aromatic nitrogens is 2. The molecule has 0 radical (unpaired) electrons. The second-order valence-corrected chi connectivity index (χ2v) is 4.22. The summed E-state index contributed by atoms with van der Waals surface area (Å²) >= 11 is 0. The summed E-state index contributed by atoms with van der Waals surface area (Å²) in [4.78, 5) is 24.4. The summed E-state index contributed by atoms with van der Waals surface area (Å²) in [5, 5.41) is 12.9. The largest absolute Gasteiger partial charge is 0.481 e. The van der Waals surface area contributed by atoms with Crippen molar-refractivity contribution < 1.29 is 14.7 Å². The van der Waals surface area contributed by atoms with Crippen LogP contribution in [0.4, 0.5) is 0 Å². The summed E-state index contributed by atoms with van der Waals surface area (Å²) in [5.41, 5.74) is 0. The van der Waals surface area contributed by atoms with Gasteiger partial charge in [-0.25, -0.2) is 0 Å². The predicted molar refractivity (Wildman–Crippen MR) is 59.2 cm³/mol. The van der Waals surface area contributed by atoms with Crippen LogP contribution in [0.2, 0.25) is 0 Å². The number of hydrogen-bond donors (Lipinski definition) is 1.